The number of esters is 1. The zero-order valence-electron chi connectivity index (χ0n) is 26.7. The summed E-state index contributed by atoms with van der Waals surface area (Å²) in [5.74, 6) is 1.93. The summed E-state index contributed by atoms with van der Waals surface area (Å²) < 4.78 is 60.3. The predicted octanol–water partition coefficient (Wildman–Crippen LogP) is 10.6. The van der Waals surface area contributed by atoms with E-state index in [0.29, 0.717) is 11.1 Å². The predicted molar refractivity (Wildman–Crippen MR) is 172 cm³/mol. The second kappa shape index (κ2) is 19.5. The normalized spacial score (nSPS) is 11.4. The van der Waals surface area contributed by atoms with E-state index in [4.69, 9.17) is 14.2 Å². The van der Waals surface area contributed by atoms with Crippen molar-refractivity contribution in [1.82, 2.24) is 0 Å². The number of ether oxygens (including phenoxy) is 3. The van der Waals surface area contributed by atoms with Crippen LogP contribution in [0.2, 0.25) is 0 Å². The first-order chi connectivity index (χ1) is 21.8. The van der Waals surface area contributed by atoms with Crippen molar-refractivity contribution in [3.05, 3.63) is 88.7 Å². The zero-order valence-corrected chi connectivity index (χ0v) is 26.7. The van der Waals surface area contributed by atoms with E-state index in [1.165, 1.54) is 56.4 Å². The fraction of sp³-hybridized carbons (Fsp3) is 0.447. The number of rotatable bonds is 18. The Bertz CT molecular complexity index is 1410. The van der Waals surface area contributed by atoms with E-state index in [2.05, 4.69) is 25.7 Å². The quantitative estimate of drug-likeness (QED) is 0.0613. The van der Waals surface area contributed by atoms with Gasteiger partial charge >= 0.3 is 5.97 Å². The Morgan fingerprint density at radius 2 is 1.31 bits per heavy atom. The van der Waals surface area contributed by atoms with Gasteiger partial charge in [-0.25, -0.2) is 13.6 Å². The molecule has 0 fully saturated rings. The highest BCUT2D eigenvalue weighted by molar-refractivity contribution is 5.91. The Hall–Kier alpha value is -3.92. The fourth-order valence-corrected chi connectivity index (χ4v) is 4.76. The second-order valence-electron chi connectivity index (χ2n) is 11.3. The number of hydrogen-bond donors (Lipinski definition) is 0. The maximum atomic E-state index is 14.7. The average molecular weight is 623 g/mol. The van der Waals surface area contributed by atoms with E-state index in [-0.39, 0.29) is 30.0 Å². The lowest BCUT2D eigenvalue weighted by atomic mass is 10.1. The summed E-state index contributed by atoms with van der Waals surface area (Å²) in [4.78, 5) is 12.6. The van der Waals surface area contributed by atoms with Crippen LogP contribution in [-0.2, 0) is 0 Å². The summed E-state index contributed by atoms with van der Waals surface area (Å²) >= 11 is 0. The summed E-state index contributed by atoms with van der Waals surface area (Å²) in [7, 11) is 0. The van der Waals surface area contributed by atoms with Crippen LogP contribution in [-0.4, -0.2) is 18.7 Å². The van der Waals surface area contributed by atoms with Crippen molar-refractivity contribution in [1.29, 1.82) is 0 Å². The molecule has 0 aliphatic carbocycles. The molecular formula is C38H45F3O4. The third-order valence-electron chi connectivity index (χ3n) is 7.41. The molecule has 0 heterocycles. The number of hydrogen-bond acceptors (Lipinski definition) is 4. The molecule has 0 saturated carbocycles. The SMILES string of the molecule is CCCCCCCCCOc1ccc(C(=O)Oc2ccc(C#Cc3ccc(OC(C)CCCCCC)c(F)c3)cc2)c(F)c1F. The van der Waals surface area contributed by atoms with Gasteiger partial charge in [0, 0.05) is 11.1 Å². The molecule has 0 spiro atoms. The highest BCUT2D eigenvalue weighted by Crippen LogP contribution is 2.25. The Kier molecular flexibility index (Phi) is 15.4. The van der Waals surface area contributed by atoms with Gasteiger partial charge in [0.25, 0.3) is 0 Å². The van der Waals surface area contributed by atoms with Gasteiger partial charge in [-0.2, -0.15) is 4.39 Å². The third kappa shape index (κ3) is 12.2. The van der Waals surface area contributed by atoms with Crippen molar-refractivity contribution in [3.63, 3.8) is 0 Å². The van der Waals surface area contributed by atoms with Gasteiger partial charge in [0.2, 0.25) is 5.82 Å². The minimum absolute atomic E-state index is 0.0747. The minimum Gasteiger partial charge on any atom is -0.490 e. The van der Waals surface area contributed by atoms with E-state index in [0.717, 1.165) is 51.0 Å². The van der Waals surface area contributed by atoms with Crippen LogP contribution < -0.4 is 14.2 Å². The maximum absolute atomic E-state index is 14.7. The van der Waals surface area contributed by atoms with Crippen molar-refractivity contribution < 1.29 is 32.2 Å². The highest BCUT2D eigenvalue weighted by atomic mass is 19.2. The van der Waals surface area contributed by atoms with E-state index < -0.39 is 29.0 Å². The molecule has 3 aromatic carbocycles. The van der Waals surface area contributed by atoms with Crippen LogP contribution in [0.4, 0.5) is 13.2 Å². The molecule has 0 saturated heterocycles. The molecule has 0 aromatic heterocycles. The van der Waals surface area contributed by atoms with E-state index >= 15 is 0 Å². The van der Waals surface area contributed by atoms with Gasteiger partial charge < -0.3 is 14.2 Å². The first-order valence-electron chi connectivity index (χ1n) is 16.2. The molecule has 1 atom stereocenters. The lowest BCUT2D eigenvalue weighted by Gasteiger charge is -2.15. The highest BCUT2D eigenvalue weighted by Gasteiger charge is 2.21. The van der Waals surface area contributed by atoms with Gasteiger partial charge in [-0.15, -0.1) is 0 Å². The average Bonchev–Trinajstić information content (AvgIpc) is 3.03. The molecule has 242 valence electrons. The largest absolute Gasteiger partial charge is 0.490 e. The molecule has 45 heavy (non-hydrogen) atoms. The van der Waals surface area contributed by atoms with Gasteiger partial charge in [-0.1, -0.05) is 83.5 Å². The lowest BCUT2D eigenvalue weighted by molar-refractivity contribution is 0.0728. The molecule has 0 N–H and O–H groups in total. The van der Waals surface area contributed by atoms with Gasteiger partial charge in [0.15, 0.2) is 23.1 Å². The molecule has 0 aliphatic heterocycles. The molecule has 0 bridgehead atoms. The van der Waals surface area contributed by atoms with Crippen LogP contribution in [0.5, 0.6) is 17.2 Å². The van der Waals surface area contributed by atoms with Crippen LogP contribution in [0.15, 0.2) is 54.6 Å². The Morgan fingerprint density at radius 3 is 2.00 bits per heavy atom. The maximum Gasteiger partial charge on any atom is 0.346 e. The molecule has 3 rings (SSSR count). The molecular weight excluding hydrogens is 577 g/mol. The molecule has 4 nitrogen and oxygen atoms in total. The smallest absolute Gasteiger partial charge is 0.346 e. The van der Waals surface area contributed by atoms with E-state index in [1.54, 1.807) is 24.3 Å². The monoisotopic (exact) mass is 622 g/mol. The number of halogens is 3. The molecule has 7 heteroatoms. The Labute approximate surface area is 266 Å². The fourth-order valence-electron chi connectivity index (χ4n) is 4.76. The summed E-state index contributed by atoms with van der Waals surface area (Å²) in [5, 5.41) is 0. The number of unbranched alkanes of at least 4 members (excludes halogenated alkanes) is 9. The van der Waals surface area contributed by atoms with Crippen LogP contribution in [0, 0.1) is 29.3 Å². The van der Waals surface area contributed by atoms with Crippen LogP contribution in [0.1, 0.15) is 119 Å². The van der Waals surface area contributed by atoms with Crippen molar-refractivity contribution in [3.8, 4) is 29.1 Å². The van der Waals surface area contributed by atoms with E-state index in [1.807, 2.05) is 6.92 Å². The van der Waals surface area contributed by atoms with Gasteiger partial charge in [-0.05, 0) is 80.8 Å². The van der Waals surface area contributed by atoms with Gasteiger partial charge in [0.1, 0.15) is 5.75 Å². The van der Waals surface area contributed by atoms with Crippen LogP contribution in [0.25, 0.3) is 0 Å². The molecule has 3 aromatic rings. The van der Waals surface area contributed by atoms with E-state index in [9.17, 15) is 18.0 Å². The topological polar surface area (TPSA) is 44.8 Å². The van der Waals surface area contributed by atoms with Crippen LogP contribution >= 0.6 is 0 Å². The number of carbonyl (C=O) groups excluding carboxylic acids is 1. The first-order valence-corrected chi connectivity index (χ1v) is 16.2. The zero-order chi connectivity index (χ0) is 32.4. The number of carbonyl (C=O) groups is 1. The summed E-state index contributed by atoms with van der Waals surface area (Å²) in [6.45, 7) is 6.55. The molecule has 0 amide bonds. The summed E-state index contributed by atoms with van der Waals surface area (Å²) in [5.41, 5.74) is 0.550. The third-order valence-corrected chi connectivity index (χ3v) is 7.41. The lowest BCUT2D eigenvalue weighted by Crippen LogP contribution is -2.12. The Balaban J connectivity index is 1.50. The van der Waals surface area contributed by atoms with Crippen molar-refractivity contribution in [2.24, 2.45) is 0 Å². The van der Waals surface area contributed by atoms with Crippen LogP contribution in [0.3, 0.4) is 0 Å². The van der Waals surface area contributed by atoms with Crippen molar-refractivity contribution >= 4 is 5.97 Å². The van der Waals surface area contributed by atoms with Gasteiger partial charge in [0.05, 0.1) is 18.3 Å². The van der Waals surface area contributed by atoms with Gasteiger partial charge in [-0.3, -0.25) is 0 Å². The summed E-state index contributed by atoms with van der Waals surface area (Å²) in [6.07, 6.45) is 12.9. The second-order valence-corrected chi connectivity index (χ2v) is 11.3. The first kappa shape index (κ1) is 35.6. The molecule has 0 aliphatic rings. The number of benzene rings is 3. The summed E-state index contributed by atoms with van der Waals surface area (Å²) in [6, 6.07) is 13.2. The van der Waals surface area contributed by atoms with Crippen molar-refractivity contribution in [2.45, 2.75) is 104 Å². The molecule has 0 radical (unpaired) electrons. The minimum atomic E-state index is -1.32. The Morgan fingerprint density at radius 1 is 0.711 bits per heavy atom. The van der Waals surface area contributed by atoms with Crippen molar-refractivity contribution in [2.75, 3.05) is 6.61 Å². The standard InChI is InChI=1S/C38H45F3O4/c1-4-6-8-10-11-12-14-26-43-35-25-23-32(36(40)37(35)41)38(42)45-31-21-18-29(19-22-31)16-17-30-20-24-34(33(39)27-30)44-28(3)15-13-9-7-5-2/h18-25,27-28H,4-15,26H2,1-3H3. The molecule has 1 unspecified atom stereocenters.